The molecule has 12 rings (SSSR count). The van der Waals surface area contributed by atoms with Crippen molar-refractivity contribution >= 4 is 67.5 Å². The van der Waals surface area contributed by atoms with E-state index in [0.717, 1.165) is 70.9 Å². The molecule has 69 heavy (non-hydrogen) atoms. The van der Waals surface area contributed by atoms with Crippen LogP contribution in [-0.4, -0.2) is 94.5 Å². The monoisotopic (exact) mass is 993 g/mol. The second-order valence-corrected chi connectivity index (χ2v) is 18.6. The summed E-state index contributed by atoms with van der Waals surface area (Å²) in [7, 11) is 5.37. The highest BCUT2D eigenvalue weighted by Crippen LogP contribution is 2.36. The SMILES string of the molecule is Brc1ccc2nc[nH]c2c1.C.CCN1Cc2cc(-n3cnc4cc(-c5cnn(C)c5)ccc43)cc(F)c2C1=O.Cn1cc(-c2ccc3nc[nH]c3c2)cn1.Cn1cc(B2OC(C)(C)C(C)(C)O2)cn1. The molecular formula is C50H54BBrFN13O3. The molecule has 4 aromatic carbocycles. The van der Waals surface area contributed by atoms with E-state index in [9.17, 15) is 9.18 Å². The molecular weight excluding hydrogens is 940 g/mol. The number of aromatic amines is 2. The number of carbonyl (C=O) groups is 1. The molecule has 19 heteroatoms. The number of rotatable bonds is 5. The number of imidazole rings is 3. The van der Waals surface area contributed by atoms with Gasteiger partial charge in [0, 0.05) is 80.1 Å². The number of carbonyl (C=O) groups excluding carboxylic acids is 1. The molecule has 16 nitrogen and oxygen atoms in total. The number of halogens is 2. The molecule has 2 aliphatic rings. The summed E-state index contributed by atoms with van der Waals surface area (Å²) in [6.45, 7) is 11.1. The summed E-state index contributed by atoms with van der Waals surface area (Å²) in [5.41, 5.74) is 12.1. The molecule has 2 N–H and O–H groups in total. The summed E-state index contributed by atoms with van der Waals surface area (Å²) >= 11 is 3.37. The average molecular weight is 995 g/mol. The molecule has 0 atom stereocenters. The van der Waals surface area contributed by atoms with Crippen molar-refractivity contribution in [2.45, 2.75) is 59.8 Å². The van der Waals surface area contributed by atoms with Crippen LogP contribution in [0.2, 0.25) is 0 Å². The van der Waals surface area contributed by atoms with Crippen molar-refractivity contribution in [3.63, 3.8) is 0 Å². The molecule has 1 fully saturated rings. The summed E-state index contributed by atoms with van der Waals surface area (Å²) < 4.78 is 34.7. The average Bonchev–Trinajstić information content (AvgIpc) is 4.17. The van der Waals surface area contributed by atoms with E-state index in [0.29, 0.717) is 18.8 Å². The van der Waals surface area contributed by atoms with Crippen molar-refractivity contribution in [1.82, 2.24) is 63.7 Å². The molecule has 0 aliphatic carbocycles. The Morgan fingerprint density at radius 2 is 1.29 bits per heavy atom. The highest BCUT2D eigenvalue weighted by atomic mass is 79.9. The summed E-state index contributed by atoms with van der Waals surface area (Å²) in [4.78, 5) is 32.8. The van der Waals surface area contributed by atoms with Crippen LogP contribution in [-0.2, 0) is 37.0 Å². The van der Waals surface area contributed by atoms with Gasteiger partial charge in [-0.1, -0.05) is 35.5 Å². The van der Waals surface area contributed by atoms with Gasteiger partial charge in [0.1, 0.15) is 12.1 Å². The molecule has 354 valence electrons. The van der Waals surface area contributed by atoms with Crippen LogP contribution in [0.4, 0.5) is 4.39 Å². The first-order valence-electron chi connectivity index (χ1n) is 22.0. The Morgan fingerprint density at radius 1 is 0.710 bits per heavy atom. The lowest BCUT2D eigenvalue weighted by Crippen LogP contribution is -2.41. The maximum atomic E-state index is 14.7. The zero-order valence-corrected chi connectivity index (χ0v) is 40.5. The number of hydrogen-bond acceptors (Lipinski definition) is 9. The lowest BCUT2D eigenvalue weighted by Gasteiger charge is -2.32. The maximum Gasteiger partial charge on any atom is 0.498 e. The van der Waals surface area contributed by atoms with E-state index in [2.05, 4.69) is 68.3 Å². The van der Waals surface area contributed by atoms with Gasteiger partial charge >= 0.3 is 7.12 Å². The van der Waals surface area contributed by atoms with E-state index in [1.165, 1.54) is 6.07 Å². The number of nitrogens with zero attached hydrogens (tertiary/aromatic N) is 11. The third kappa shape index (κ3) is 10.0. The minimum absolute atomic E-state index is 0. The first kappa shape index (κ1) is 48.2. The molecule has 8 heterocycles. The van der Waals surface area contributed by atoms with E-state index >= 15 is 0 Å². The van der Waals surface area contributed by atoms with Crippen LogP contribution in [0.5, 0.6) is 0 Å². The predicted octanol–water partition coefficient (Wildman–Crippen LogP) is 9.19. The Balaban J connectivity index is 0.000000133. The molecule has 0 spiro atoms. The van der Waals surface area contributed by atoms with Gasteiger partial charge in [-0.15, -0.1) is 0 Å². The van der Waals surface area contributed by atoms with Crippen LogP contribution >= 0.6 is 15.9 Å². The Morgan fingerprint density at radius 3 is 1.88 bits per heavy atom. The lowest BCUT2D eigenvalue weighted by molar-refractivity contribution is 0.00578. The van der Waals surface area contributed by atoms with E-state index in [1.807, 2.05) is 140 Å². The number of fused-ring (bicyclic) bond motifs is 4. The van der Waals surface area contributed by atoms with Crippen molar-refractivity contribution in [3.8, 4) is 27.9 Å². The molecule has 1 saturated heterocycles. The summed E-state index contributed by atoms with van der Waals surface area (Å²) in [6, 6.07) is 21.3. The minimum atomic E-state index is -0.484. The molecule has 1 amide bonds. The van der Waals surface area contributed by atoms with Gasteiger partial charge in [-0.3, -0.25) is 23.4 Å². The van der Waals surface area contributed by atoms with Crippen LogP contribution in [0, 0.1) is 5.82 Å². The van der Waals surface area contributed by atoms with Crippen LogP contribution < -0.4 is 5.46 Å². The number of nitrogens with one attached hydrogen (secondary N) is 2. The molecule has 0 saturated carbocycles. The molecule has 0 unspecified atom stereocenters. The first-order chi connectivity index (χ1) is 32.5. The van der Waals surface area contributed by atoms with Crippen molar-refractivity contribution in [3.05, 3.63) is 144 Å². The highest BCUT2D eigenvalue weighted by Gasteiger charge is 2.52. The minimum Gasteiger partial charge on any atom is -0.399 e. The van der Waals surface area contributed by atoms with E-state index in [4.69, 9.17) is 9.31 Å². The smallest absolute Gasteiger partial charge is 0.399 e. The number of amides is 1. The van der Waals surface area contributed by atoms with Crippen LogP contribution in [0.25, 0.3) is 61.0 Å². The predicted molar refractivity (Wildman–Crippen MR) is 271 cm³/mol. The normalized spacial score (nSPS) is 14.5. The van der Waals surface area contributed by atoms with Gasteiger partial charge in [-0.05, 0) is 106 Å². The van der Waals surface area contributed by atoms with Gasteiger partial charge < -0.3 is 24.2 Å². The molecule has 0 bridgehead atoms. The summed E-state index contributed by atoms with van der Waals surface area (Å²) in [5, 5.41) is 12.5. The fraction of sp³-hybridized carbons (Fsp3) is 0.260. The maximum absolute atomic E-state index is 14.7. The zero-order chi connectivity index (χ0) is 47.9. The van der Waals surface area contributed by atoms with E-state index < -0.39 is 5.82 Å². The fourth-order valence-corrected chi connectivity index (χ4v) is 8.31. The fourth-order valence-electron chi connectivity index (χ4n) is 7.94. The van der Waals surface area contributed by atoms with Gasteiger partial charge in [-0.25, -0.2) is 19.3 Å². The second kappa shape index (κ2) is 19.4. The summed E-state index contributed by atoms with van der Waals surface area (Å²) in [5.74, 6) is -0.722. The van der Waals surface area contributed by atoms with E-state index in [-0.39, 0.29) is 37.2 Å². The highest BCUT2D eigenvalue weighted by molar-refractivity contribution is 9.10. The molecule has 0 radical (unpaired) electrons. The lowest BCUT2D eigenvalue weighted by atomic mass is 9.82. The van der Waals surface area contributed by atoms with E-state index in [1.54, 1.807) is 44.1 Å². The number of hydrogen-bond donors (Lipinski definition) is 2. The molecule has 6 aromatic heterocycles. The van der Waals surface area contributed by atoms with Crippen molar-refractivity contribution in [1.29, 1.82) is 0 Å². The van der Waals surface area contributed by atoms with Crippen molar-refractivity contribution in [2.24, 2.45) is 21.1 Å². The van der Waals surface area contributed by atoms with Crippen LogP contribution in [0.3, 0.4) is 0 Å². The van der Waals surface area contributed by atoms with Crippen molar-refractivity contribution in [2.75, 3.05) is 6.54 Å². The summed E-state index contributed by atoms with van der Waals surface area (Å²) in [6.07, 6.45) is 16.4. The Labute approximate surface area is 407 Å². The van der Waals surface area contributed by atoms with Crippen LogP contribution in [0.1, 0.15) is 58.0 Å². The largest absolute Gasteiger partial charge is 0.498 e. The third-order valence-corrected chi connectivity index (χ3v) is 12.8. The number of H-pyrrole nitrogens is 2. The van der Waals surface area contributed by atoms with Crippen LogP contribution in [0.15, 0.2) is 127 Å². The zero-order valence-electron chi connectivity index (χ0n) is 38.9. The third-order valence-electron chi connectivity index (χ3n) is 12.4. The Hall–Kier alpha value is -7.22. The molecule has 2 aliphatic heterocycles. The quantitative estimate of drug-likeness (QED) is 0.160. The van der Waals surface area contributed by atoms with Gasteiger partial charge in [0.15, 0.2) is 0 Å². The first-order valence-corrected chi connectivity index (χ1v) is 22.8. The Kier molecular flexibility index (Phi) is 13.6. The standard InChI is InChI=1S/C21H18FN5O.C11H10N4.C10H17BN2O2.C7H5BrN2.CH4/c1-3-26-11-14-6-16(8-17(22)20(14)21(26)28)27-12-23-18-7-13(4-5-19(18)27)15-9-24-25(2)10-15;1-15-6-9(5-14-15)8-2-3-10-11(4-8)13-7-12-10;1-9(2)10(3,4)15-11(14-9)8-6-12-13(5)7-8;8-5-1-2-6-7(3-5)10-4-9-6;/h4-10,12H,3,11H2,1-2H3;2-7H,1H3,(H,12,13);6-7H,1-5H3;1-4H,(H,9,10);1H4. The van der Waals surface area contributed by atoms with Gasteiger partial charge in [0.05, 0.1) is 80.6 Å². The van der Waals surface area contributed by atoms with Crippen molar-refractivity contribution < 1.29 is 18.5 Å². The Bertz CT molecular complexity index is 3400. The number of aromatic nitrogens is 12. The van der Waals surface area contributed by atoms with Gasteiger partial charge in [0.25, 0.3) is 5.91 Å². The van der Waals surface area contributed by atoms with Gasteiger partial charge in [0.2, 0.25) is 0 Å². The molecule has 10 aromatic rings. The number of benzene rings is 4. The number of aryl methyl sites for hydroxylation is 3. The second-order valence-electron chi connectivity index (χ2n) is 17.6. The van der Waals surface area contributed by atoms with Gasteiger partial charge in [-0.2, -0.15) is 15.3 Å². The topological polar surface area (TPSA) is 167 Å².